The van der Waals surface area contributed by atoms with E-state index in [0.717, 1.165) is 22.3 Å². The van der Waals surface area contributed by atoms with Gasteiger partial charge in [-0.25, -0.2) is 9.67 Å². The Morgan fingerprint density at radius 2 is 1.88 bits per heavy atom. The second kappa shape index (κ2) is 8.90. The third-order valence-corrected chi connectivity index (χ3v) is 5.01. The number of ether oxygens (including phenoxy) is 1. The van der Waals surface area contributed by atoms with E-state index in [0.29, 0.717) is 29.7 Å². The van der Waals surface area contributed by atoms with Crippen LogP contribution in [0.2, 0.25) is 0 Å². The lowest BCUT2D eigenvalue weighted by atomic mass is 9.99. The molecule has 0 radical (unpaired) electrons. The maximum Gasteiger partial charge on any atom is 0.250 e. The highest BCUT2D eigenvalue weighted by Crippen LogP contribution is 2.31. The van der Waals surface area contributed by atoms with Crippen LogP contribution in [0, 0.1) is 17.2 Å². The highest BCUT2D eigenvalue weighted by atomic mass is 16.5. The molecule has 0 fully saturated rings. The van der Waals surface area contributed by atoms with Gasteiger partial charge in [-0.1, -0.05) is 26.0 Å². The molecular weight excluding hydrogens is 402 g/mol. The monoisotopic (exact) mass is 425 g/mol. The van der Waals surface area contributed by atoms with Gasteiger partial charge in [-0.05, 0) is 29.7 Å². The van der Waals surface area contributed by atoms with E-state index >= 15 is 0 Å². The number of nitrogens with zero attached hydrogens (tertiary/aromatic N) is 5. The first-order valence-electron chi connectivity index (χ1n) is 10.3. The molecule has 0 spiro atoms. The van der Waals surface area contributed by atoms with Crippen molar-refractivity contribution in [3.63, 3.8) is 0 Å². The molecule has 0 N–H and O–H groups in total. The molecule has 0 saturated heterocycles. The van der Waals surface area contributed by atoms with Crippen LogP contribution in [0.25, 0.3) is 27.9 Å². The van der Waals surface area contributed by atoms with Crippen molar-refractivity contribution in [3.05, 3.63) is 83.2 Å². The Bertz CT molecular complexity index is 1340. The fraction of sp³-hybridized carbons (Fsp3) is 0.200. The van der Waals surface area contributed by atoms with Gasteiger partial charge in [0.15, 0.2) is 0 Å². The Morgan fingerprint density at radius 3 is 2.59 bits per heavy atom. The summed E-state index contributed by atoms with van der Waals surface area (Å²) in [6.07, 6.45) is 7.08. The summed E-state index contributed by atoms with van der Waals surface area (Å²) in [7, 11) is 1.71. The van der Waals surface area contributed by atoms with Gasteiger partial charge in [0.05, 0.1) is 24.1 Å². The van der Waals surface area contributed by atoms with E-state index in [1.54, 1.807) is 42.5 Å². The van der Waals surface area contributed by atoms with Crippen LogP contribution in [0.3, 0.4) is 0 Å². The lowest BCUT2D eigenvalue weighted by Crippen LogP contribution is -2.15. The van der Waals surface area contributed by atoms with Gasteiger partial charge >= 0.3 is 0 Å². The molecule has 0 unspecified atom stereocenters. The third-order valence-electron chi connectivity index (χ3n) is 5.01. The molecule has 0 aliphatic carbocycles. The molecule has 1 aromatic carbocycles. The Balaban J connectivity index is 1.75. The predicted octanol–water partition coefficient (Wildman–Crippen LogP) is 4.21. The van der Waals surface area contributed by atoms with Crippen molar-refractivity contribution in [1.29, 1.82) is 5.26 Å². The van der Waals surface area contributed by atoms with E-state index in [9.17, 15) is 10.1 Å². The standard InChI is InChI=1S/C25H23N5O2/c1-17(2)16-32-24-9-8-19(12-27-24)21-10-25(31)29(3)15-22(21)20-13-28-30(14-20)23-7-5-4-6-18(23)11-26/h4-10,12-15,17H,16H2,1-3H3. The maximum absolute atomic E-state index is 12.4. The number of nitriles is 1. The Hall–Kier alpha value is -4.18. The number of para-hydroxylation sites is 1. The topological polar surface area (TPSA) is 85.7 Å². The van der Waals surface area contributed by atoms with Gasteiger partial charge in [0, 0.05) is 54.5 Å². The first kappa shape index (κ1) is 21.1. The molecule has 7 heteroatoms. The zero-order valence-electron chi connectivity index (χ0n) is 18.2. The van der Waals surface area contributed by atoms with Gasteiger partial charge in [-0.15, -0.1) is 0 Å². The van der Waals surface area contributed by atoms with Crippen LogP contribution in [-0.2, 0) is 7.05 Å². The molecule has 0 bridgehead atoms. The quantitative estimate of drug-likeness (QED) is 0.462. The summed E-state index contributed by atoms with van der Waals surface area (Å²) in [5.74, 6) is 0.955. The molecule has 7 nitrogen and oxygen atoms in total. The zero-order chi connectivity index (χ0) is 22.7. The summed E-state index contributed by atoms with van der Waals surface area (Å²) >= 11 is 0. The minimum atomic E-state index is -0.119. The van der Waals surface area contributed by atoms with Crippen molar-refractivity contribution in [2.24, 2.45) is 13.0 Å². The summed E-state index contributed by atoms with van der Waals surface area (Å²) in [6, 6.07) is 14.8. The molecule has 0 atom stereocenters. The predicted molar refractivity (Wildman–Crippen MR) is 123 cm³/mol. The number of hydrogen-bond donors (Lipinski definition) is 0. The van der Waals surface area contributed by atoms with Gasteiger partial charge < -0.3 is 9.30 Å². The zero-order valence-corrected chi connectivity index (χ0v) is 18.2. The largest absolute Gasteiger partial charge is 0.477 e. The molecule has 160 valence electrons. The molecule has 3 heterocycles. The molecule has 32 heavy (non-hydrogen) atoms. The van der Waals surface area contributed by atoms with Crippen LogP contribution in [0.1, 0.15) is 19.4 Å². The van der Waals surface area contributed by atoms with Gasteiger partial charge in [0.2, 0.25) is 5.88 Å². The number of rotatable bonds is 6. The van der Waals surface area contributed by atoms with Crippen LogP contribution >= 0.6 is 0 Å². The fourth-order valence-electron chi connectivity index (χ4n) is 3.34. The molecule has 0 amide bonds. The van der Waals surface area contributed by atoms with Crippen molar-refractivity contribution < 1.29 is 4.74 Å². The molecule has 0 aliphatic heterocycles. The number of benzene rings is 1. The average Bonchev–Trinajstić information content (AvgIpc) is 3.29. The summed E-state index contributed by atoms with van der Waals surface area (Å²) in [5, 5.41) is 13.9. The van der Waals surface area contributed by atoms with E-state index in [4.69, 9.17) is 4.74 Å². The van der Waals surface area contributed by atoms with Crippen molar-refractivity contribution in [1.82, 2.24) is 19.3 Å². The number of hydrogen-bond acceptors (Lipinski definition) is 5. The van der Waals surface area contributed by atoms with E-state index in [1.165, 1.54) is 4.57 Å². The maximum atomic E-state index is 12.4. The van der Waals surface area contributed by atoms with E-state index in [1.807, 2.05) is 36.5 Å². The third kappa shape index (κ3) is 4.30. The Kier molecular flexibility index (Phi) is 5.86. The summed E-state index contributed by atoms with van der Waals surface area (Å²) in [6.45, 7) is 4.75. The van der Waals surface area contributed by atoms with Crippen LogP contribution in [0.15, 0.2) is 72.0 Å². The van der Waals surface area contributed by atoms with Crippen molar-refractivity contribution in [2.75, 3.05) is 6.61 Å². The minimum Gasteiger partial charge on any atom is -0.477 e. The summed E-state index contributed by atoms with van der Waals surface area (Å²) < 4.78 is 8.88. The van der Waals surface area contributed by atoms with Crippen LogP contribution in [0.5, 0.6) is 5.88 Å². The molecule has 4 aromatic rings. The number of aryl methyl sites for hydroxylation is 1. The van der Waals surface area contributed by atoms with Gasteiger partial charge in [0.1, 0.15) is 6.07 Å². The van der Waals surface area contributed by atoms with Crippen molar-refractivity contribution in [3.8, 4) is 39.9 Å². The van der Waals surface area contributed by atoms with Gasteiger partial charge in [0.25, 0.3) is 5.56 Å². The lowest BCUT2D eigenvalue weighted by Gasteiger charge is -2.11. The summed E-state index contributed by atoms with van der Waals surface area (Å²) in [4.78, 5) is 16.8. The minimum absolute atomic E-state index is 0.119. The molecule has 4 rings (SSSR count). The molecule has 0 saturated carbocycles. The highest BCUT2D eigenvalue weighted by molar-refractivity contribution is 5.82. The lowest BCUT2D eigenvalue weighted by molar-refractivity contribution is 0.261. The Morgan fingerprint density at radius 1 is 1.06 bits per heavy atom. The number of pyridine rings is 2. The average molecular weight is 425 g/mol. The SMILES string of the molecule is CC(C)COc1ccc(-c2cc(=O)n(C)cc2-c2cnn(-c3ccccc3C#N)c2)cn1. The van der Waals surface area contributed by atoms with E-state index in [2.05, 4.69) is 30.0 Å². The first-order valence-corrected chi connectivity index (χ1v) is 10.3. The van der Waals surface area contributed by atoms with Crippen LogP contribution < -0.4 is 10.3 Å². The molecule has 3 aromatic heterocycles. The van der Waals surface area contributed by atoms with Gasteiger partial charge in [-0.2, -0.15) is 10.4 Å². The van der Waals surface area contributed by atoms with Crippen LogP contribution in [-0.4, -0.2) is 25.9 Å². The highest BCUT2D eigenvalue weighted by Gasteiger charge is 2.14. The van der Waals surface area contributed by atoms with E-state index < -0.39 is 0 Å². The number of aromatic nitrogens is 4. The van der Waals surface area contributed by atoms with Gasteiger partial charge in [-0.3, -0.25) is 4.79 Å². The Labute approximate surface area is 186 Å². The smallest absolute Gasteiger partial charge is 0.250 e. The second-order valence-corrected chi connectivity index (χ2v) is 7.94. The van der Waals surface area contributed by atoms with Crippen molar-refractivity contribution in [2.45, 2.75) is 13.8 Å². The first-order chi connectivity index (χ1) is 15.5. The van der Waals surface area contributed by atoms with Crippen LogP contribution in [0.4, 0.5) is 0 Å². The summed E-state index contributed by atoms with van der Waals surface area (Å²) in [5.41, 5.74) is 4.33. The molecule has 0 aliphatic rings. The second-order valence-electron chi connectivity index (χ2n) is 7.94. The molecular formula is C25H23N5O2. The van der Waals surface area contributed by atoms with E-state index in [-0.39, 0.29) is 5.56 Å². The fourth-order valence-corrected chi connectivity index (χ4v) is 3.34. The van der Waals surface area contributed by atoms with Crippen molar-refractivity contribution >= 4 is 0 Å². The normalized spacial score (nSPS) is 10.8.